The molecule has 0 amide bonds. The largest absolute Gasteiger partial charge is 0.381 e. The Morgan fingerprint density at radius 1 is 1.47 bits per heavy atom. The summed E-state index contributed by atoms with van der Waals surface area (Å²) in [5.41, 5.74) is -0.162. The number of nitrogens with one attached hydrogen (secondary N) is 1. The second kappa shape index (κ2) is 5.74. The molecule has 1 fully saturated rings. The van der Waals surface area contributed by atoms with Crippen LogP contribution in [-0.2, 0) is 4.74 Å². The highest BCUT2D eigenvalue weighted by molar-refractivity contribution is 9.10. The number of nitrogens with zero attached hydrogens (tertiary/aromatic N) is 1. The smallest absolute Gasteiger partial charge is 0.145 e. The molecule has 0 radical (unpaired) electrons. The number of hydrogen-bond donors (Lipinski definition) is 1. The first-order valence-corrected chi connectivity index (χ1v) is 7.09. The van der Waals surface area contributed by atoms with E-state index in [1.54, 1.807) is 6.20 Å². The second-order valence-electron chi connectivity index (χ2n) is 4.14. The highest BCUT2D eigenvalue weighted by atomic mass is 79.9. The quantitative estimate of drug-likeness (QED) is 0.852. The molecule has 0 aliphatic carbocycles. The monoisotopic (exact) mass is 338 g/mol. The van der Waals surface area contributed by atoms with Gasteiger partial charge in [0.15, 0.2) is 0 Å². The van der Waals surface area contributed by atoms with Gasteiger partial charge in [-0.05, 0) is 34.8 Å². The van der Waals surface area contributed by atoms with Crippen molar-refractivity contribution in [2.75, 3.05) is 24.4 Å². The predicted molar refractivity (Wildman–Crippen MR) is 74.1 cm³/mol. The molecular weight excluding hydrogens is 327 g/mol. The number of aromatic nitrogens is 1. The third-order valence-electron chi connectivity index (χ3n) is 2.90. The lowest BCUT2D eigenvalue weighted by Crippen LogP contribution is -2.45. The zero-order valence-electron chi connectivity index (χ0n) is 9.18. The van der Waals surface area contributed by atoms with Gasteiger partial charge in [-0.15, -0.1) is 11.6 Å². The molecule has 3 nitrogen and oxygen atoms in total. The van der Waals surface area contributed by atoms with E-state index < -0.39 is 0 Å². The molecule has 0 atom stereocenters. The summed E-state index contributed by atoms with van der Waals surface area (Å²) in [6, 6.07) is 1.82. The standard InChI is InChI=1S/C11H13BrCl2N2O/c12-8-5-9(14)10(15-6-8)16-11(7-13)1-3-17-4-2-11/h5-6H,1-4,7H2,(H,15,16). The van der Waals surface area contributed by atoms with E-state index in [0.29, 0.717) is 29.9 Å². The zero-order chi connectivity index (χ0) is 12.3. The van der Waals surface area contributed by atoms with Gasteiger partial charge < -0.3 is 10.1 Å². The van der Waals surface area contributed by atoms with Gasteiger partial charge in [0, 0.05) is 29.8 Å². The molecule has 0 saturated carbocycles. The van der Waals surface area contributed by atoms with Crippen LogP contribution >= 0.6 is 39.1 Å². The molecule has 2 heterocycles. The zero-order valence-corrected chi connectivity index (χ0v) is 12.3. The van der Waals surface area contributed by atoms with Crippen LogP contribution in [0.15, 0.2) is 16.7 Å². The summed E-state index contributed by atoms with van der Waals surface area (Å²) in [4.78, 5) is 4.28. The van der Waals surface area contributed by atoms with Gasteiger partial charge in [0.1, 0.15) is 5.82 Å². The van der Waals surface area contributed by atoms with Crippen molar-refractivity contribution in [2.24, 2.45) is 0 Å². The maximum Gasteiger partial charge on any atom is 0.145 e. The van der Waals surface area contributed by atoms with Gasteiger partial charge in [-0.3, -0.25) is 0 Å². The van der Waals surface area contributed by atoms with Crippen molar-refractivity contribution in [1.29, 1.82) is 0 Å². The fraction of sp³-hybridized carbons (Fsp3) is 0.545. The van der Waals surface area contributed by atoms with E-state index in [1.807, 2.05) is 6.07 Å². The van der Waals surface area contributed by atoms with E-state index in [9.17, 15) is 0 Å². The van der Waals surface area contributed by atoms with Gasteiger partial charge in [0.2, 0.25) is 0 Å². The molecule has 94 valence electrons. The van der Waals surface area contributed by atoms with Crippen LogP contribution in [0.3, 0.4) is 0 Å². The van der Waals surface area contributed by atoms with Gasteiger partial charge in [-0.1, -0.05) is 11.6 Å². The van der Waals surface area contributed by atoms with Crippen LogP contribution in [-0.4, -0.2) is 29.6 Å². The Bertz CT molecular complexity index is 397. The van der Waals surface area contributed by atoms with Crippen LogP contribution in [0.5, 0.6) is 0 Å². The molecule has 1 aliphatic rings. The Hall–Kier alpha value is -0.0300. The predicted octanol–water partition coefficient (Wildman–Crippen LogP) is 3.70. The van der Waals surface area contributed by atoms with Crippen LogP contribution in [0.25, 0.3) is 0 Å². The number of alkyl halides is 1. The van der Waals surface area contributed by atoms with E-state index in [0.717, 1.165) is 17.3 Å². The van der Waals surface area contributed by atoms with E-state index in [2.05, 4.69) is 26.2 Å². The van der Waals surface area contributed by atoms with Gasteiger partial charge in [0.05, 0.1) is 10.6 Å². The first kappa shape index (κ1) is 13.4. The Kier molecular flexibility index (Phi) is 4.53. The van der Waals surface area contributed by atoms with Crippen molar-refractivity contribution in [2.45, 2.75) is 18.4 Å². The van der Waals surface area contributed by atoms with E-state index in [4.69, 9.17) is 27.9 Å². The molecule has 0 spiro atoms. The highest BCUT2D eigenvalue weighted by Gasteiger charge is 2.32. The molecule has 2 rings (SSSR count). The van der Waals surface area contributed by atoms with Gasteiger partial charge >= 0.3 is 0 Å². The van der Waals surface area contributed by atoms with Crippen LogP contribution in [0.1, 0.15) is 12.8 Å². The van der Waals surface area contributed by atoms with Crippen molar-refractivity contribution in [3.63, 3.8) is 0 Å². The van der Waals surface area contributed by atoms with Crippen molar-refractivity contribution < 1.29 is 4.74 Å². The fourth-order valence-corrected chi connectivity index (χ4v) is 2.82. The average Bonchev–Trinajstić information content (AvgIpc) is 2.34. The van der Waals surface area contributed by atoms with Crippen LogP contribution in [0.4, 0.5) is 5.82 Å². The van der Waals surface area contributed by atoms with Gasteiger partial charge in [0.25, 0.3) is 0 Å². The molecule has 0 unspecified atom stereocenters. The summed E-state index contributed by atoms with van der Waals surface area (Å²) >= 11 is 15.5. The Morgan fingerprint density at radius 2 is 2.18 bits per heavy atom. The number of ether oxygens (including phenoxy) is 1. The van der Waals surface area contributed by atoms with Crippen molar-refractivity contribution in [3.8, 4) is 0 Å². The fourth-order valence-electron chi connectivity index (χ4n) is 1.81. The topological polar surface area (TPSA) is 34.2 Å². The highest BCUT2D eigenvalue weighted by Crippen LogP contribution is 2.30. The third kappa shape index (κ3) is 3.25. The SMILES string of the molecule is ClCC1(Nc2ncc(Br)cc2Cl)CCOCC1. The molecule has 0 aromatic carbocycles. The van der Waals surface area contributed by atoms with Crippen LogP contribution in [0, 0.1) is 0 Å². The maximum absolute atomic E-state index is 6.14. The minimum Gasteiger partial charge on any atom is -0.381 e. The summed E-state index contributed by atoms with van der Waals surface area (Å²) in [5, 5.41) is 3.96. The van der Waals surface area contributed by atoms with E-state index in [-0.39, 0.29) is 5.54 Å². The second-order valence-corrected chi connectivity index (χ2v) is 5.73. The number of halogens is 3. The van der Waals surface area contributed by atoms with E-state index in [1.165, 1.54) is 0 Å². The molecule has 0 bridgehead atoms. The average molecular weight is 340 g/mol. The Labute approximate surface area is 119 Å². The molecule has 1 N–H and O–H groups in total. The number of anilines is 1. The van der Waals surface area contributed by atoms with E-state index >= 15 is 0 Å². The number of hydrogen-bond acceptors (Lipinski definition) is 3. The molecule has 1 saturated heterocycles. The molecule has 1 aromatic rings. The van der Waals surface area contributed by atoms with Gasteiger partial charge in [-0.25, -0.2) is 4.98 Å². The minimum absolute atomic E-state index is 0.162. The minimum atomic E-state index is -0.162. The van der Waals surface area contributed by atoms with Crippen LogP contribution in [0.2, 0.25) is 5.02 Å². The molecule has 1 aliphatic heterocycles. The third-order valence-corrected chi connectivity index (χ3v) is 4.13. The van der Waals surface area contributed by atoms with Crippen molar-refractivity contribution in [3.05, 3.63) is 21.8 Å². The first-order chi connectivity index (χ1) is 8.15. The summed E-state index contributed by atoms with van der Waals surface area (Å²) in [6.07, 6.45) is 3.45. The lowest BCUT2D eigenvalue weighted by molar-refractivity contribution is 0.0667. The van der Waals surface area contributed by atoms with Crippen LogP contribution < -0.4 is 5.32 Å². The molecule has 17 heavy (non-hydrogen) atoms. The molecule has 6 heteroatoms. The normalized spacial score (nSPS) is 19.0. The lowest BCUT2D eigenvalue weighted by atomic mass is 9.92. The summed E-state index contributed by atoms with van der Waals surface area (Å²) < 4.78 is 6.22. The van der Waals surface area contributed by atoms with Crippen molar-refractivity contribution >= 4 is 44.9 Å². The number of rotatable bonds is 3. The Morgan fingerprint density at radius 3 is 2.76 bits per heavy atom. The summed E-state index contributed by atoms with van der Waals surface area (Å²) in [5.74, 6) is 1.20. The first-order valence-electron chi connectivity index (χ1n) is 5.38. The summed E-state index contributed by atoms with van der Waals surface area (Å²) in [6.45, 7) is 1.43. The summed E-state index contributed by atoms with van der Waals surface area (Å²) in [7, 11) is 0. The maximum atomic E-state index is 6.14. The Balaban J connectivity index is 2.17. The van der Waals surface area contributed by atoms with Gasteiger partial charge in [-0.2, -0.15) is 0 Å². The number of pyridine rings is 1. The molecule has 1 aromatic heterocycles. The lowest BCUT2D eigenvalue weighted by Gasteiger charge is -2.37. The molecular formula is C11H13BrCl2N2O. The van der Waals surface area contributed by atoms with Crippen molar-refractivity contribution in [1.82, 2.24) is 4.98 Å².